The average Bonchev–Trinajstić information content (AvgIpc) is 3.04. The molecule has 0 saturated carbocycles. The molecule has 3 aliphatic heterocycles. The largest absolute Gasteiger partial charge is 0.508 e. The second-order valence-corrected chi connectivity index (χ2v) is 12.6. The topological polar surface area (TPSA) is 137 Å². The van der Waals surface area contributed by atoms with E-state index < -0.39 is 17.5 Å². The Hall–Kier alpha value is -4.18. The molecule has 0 aliphatic carbocycles. The molecule has 4 atom stereocenters. The molecule has 45 heavy (non-hydrogen) atoms. The van der Waals surface area contributed by atoms with Crippen LogP contribution in [0, 0.1) is 11.3 Å². The normalized spacial score (nSPS) is 25.0. The highest BCUT2D eigenvalue weighted by atomic mass is 16.5. The Morgan fingerprint density at radius 1 is 1.02 bits per heavy atom. The summed E-state index contributed by atoms with van der Waals surface area (Å²) < 4.78 is 5.59. The number of fused-ring (bicyclic) bond motifs is 1. The van der Waals surface area contributed by atoms with E-state index in [1.54, 1.807) is 29.2 Å². The van der Waals surface area contributed by atoms with E-state index in [9.17, 15) is 24.3 Å². The highest BCUT2D eigenvalue weighted by Gasteiger charge is 2.42. The Balaban J connectivity index is 1.36. The molecule has 2 fully saturated rings. The first kappa shape index (κ1) is 32.2. The fourth-order valence-electron chi connectivity index (χ4n) is 6.71. The minimum Gasteiger partial charge on any atom is -0.508 e. The summed E-state index contributed by atoms with van der Waals surface area (Å²) in [7, 11) is 0. The van der Waals surface area contributed by atoms with Gasteiger partial charge in [-0.05, 0) is 55.4 Å². The van der Waals surface area contributed by atoms with Crippen molar-refractivity contribution in [2.75, 3.05) is 26.3 Å². The number of nitrogens with zero attached hydrogens (tertiary/aromatic N) is 1. The summed E-state index contributed by atoms with van der Waals surface area (Å²) in [5.41, 5.74) is 1.14. The van der Waals surface area contributed by atoms with E-state index in [1.807, 2.05) is 30.3 Å². The van der Waals surface area contributed by atoms with Crippen LogP contribution in [-0.2, 0) is 36.8 Å². The minimum absolute atomic E-state index is 0.0484. The van der Waals surface area contributed by atoms with Gasteiger partial charge >= 0.3 is 0 Å². The molecule has 2 aromatic carbocycles. The van der Waals surface area contributed by atoms with Gasteiger partial charge in [-0.3, -0.25) is 19.2 Å². The number of amides is 4. The molecule has 240 valence electrons. The number of phenolic OH excluding ortho intramolecular Hbond substituents is 1. The summed E-state index contributed by atoms with van der Waals surface area (Å²) >= 11 is 0. The van der Waals surface area contributed by atoms with Crippen molar-refractivity contribution in [2.45, 2.75) is 70.0 Å². The van der Waals surface area contributed by atoms with E-state index in [-0.39, 0.29) is 41.3 Å². The molecular formula is C35H44N4O6. The van der Waals surface area contributed by atoms with Crippen LogP contribution < -0.4 is 16.0 Å². The first-order valence-electron chi connectivity index (χ1n) is 15.9. The number of carbonyl (C=O) groups excluding carboxylic acids is 4. The van der Waals surface area contributed by atoms with Crippen LogP contribution in [0.1, 0.15) is 50.2 Å². The molecule has 3 aliphatic rings. The maximum absolute atomic E-state index is 13.9. The van der Waals surface area contributed by atoms with Crippen molar-refractivity contribution in [1.29, 1.82) is 0 Å². The quantitative estimate of drug-likeness (QED) is 0.369. The highest BCUT2D eigenvalue weighted by molar-refractivity contribution is 5.91. The monoisotopic (exact) mass is 616 g/mol. The van der Waals surface area contributed by atoms with Crippen molar-refractivity contribution in [3.05, 3.63) is 77.9 Å². The molecular weight excluding hydrogens is 572 g/mol. The van der Waals surface area contributed by atoms with E-state index in [0.717, 1.165) is 11.1 Å². The number of ether oxygens (including phenoxy) is 1. The SMILES string of the molecule is CC(=O)N[C@H](Cc1ccc(O)cc1)C(=O)N1CC[C@H]2NC(=O)[C@@H](Cc3ccccc3)NC(=O)C3(C/C=C/C[C@H]2C1)CCOCC3. The van der Waals surface area contributed by atoms with E-state index in [1.165, 1.54) is 6.92 Å². The maximum Gasteiger partial charge on any atom is 0.245 e. The smallest absolute Gasteiger partial charge is 0.245 e. The van der Waals surface area contributed by atoms with Gasteiger partial charge in [0, 0.05) is 58.0 Å². The van der Waals surface area contributed by atoms with Crippen LogP contribution in [0.4, 0.5) is 0 Å². The Bertz CT molecular complexity index is 1370. The Kier molecular flexibility index (Phi) is 10.5. The first-order valence-corrected chi connectivity index (χ1v) is 15.9. The van der Waals surface area contributed by atoms with Gasteiger partial charge in [-0.2, -0.15) is 0 Å². The van der Waals surface area contributed by atoms with Gasteiger partial charge in [0.2, 0.25) is 23.6 Å². The van der Waals surface area contributed by atoms with Crippen LogP contribution in [-0.4, -0.2) is 78.1 Å². The van der Waals surface area contributed by atoms with Gasteiger partial charge < -0.3 is 30.7 Å². The third-order valence-electron chi connectivity index (χ3n) is 9.38. The molecule has 4 amide bonds. The van der Waals surface area contributed by atoms with Crippen molar-refractivity contribution < 1.29 is 29.0 Å². The van der Waals surface area contributed by atoms with E-state index >= 15 is 0 Å². The molecule has 0 bridgehead atoms. The van der Waals surface area contributed by atoms with Crippen molar-refractivity contribution in [3.63, 3.8) is 0 Å². The van der Waals surface area contributed by atoms with E-state index in [2.05, 4.69) is 28.1 Å². The van der Waals surface area contributed by atoms with Gasteiger partial charge in [-0.25, -0.2) is 0 Å². The number of likely N-dealkylation sites (tertiary alicyclic amines) is 1. The standard InChI is InChI=1S/C35H44N4O6/c1-24(40)36-31(22-26-10-12-28(41)13-11-26)33(43)39-18-14-29-27(23-39)9-5-6-15-35(16-19-45-20-17-35)34(44)38-30(32(42)37-29)21-25-7-3-2-4-8-25/h2-8,10-13,27,29-31,41H,9,14-23H2,1H3,(H,36,40)(H,37,42)(H,38,44)/b6-5+/t27-,29+,30+,31+/m0/s1. The van der Waals surface area contributed by atoms with Crippen LogP contribution in [0.5, 0.6) is 5.75 Å². The fourth-order valence-corrected chi connectivity index (χ4v) is 6.71. The number of piperidine rings is 1. The van der Waals surface area contributed by atoms with E-state index in [4.69, 9.17) is 4.74 Å². The number of carbonyl (C=O) groups is 4. The lowest BCUT2D eigenvalue weighted by Gasteiger charge is -2.41. The number of allylic oxidation sites excluding steroid dienone is 2. The number of nitrogens with one attached hydrogen (secondary N) is 3. The van der Waals surface area contributed by atoms with Gasteiger partial charge in [-0.1, -0.05) is 54.6 Å². The summed E-state index contributed by atoms with van der Waals surface area (Å²) in [6, 6.07) is 14.6. The van der Waals surface area contributed by atoms with Crippen LogP contribution in [0.2, 0.25) is 0 Å². The average molecular weight is 617 g/mol. The second-order valence-electron chi connectivity index (χ2n) is 12.6. The third-order valence-corrected chi connectivity index (χ3v) is 9.38. The number of hydrogen-bond acceptors (Lipinski definition) is 6. The molecule has 2 saturated heterocycles. The number of phenols is 1. The van der Waals surface area contributed by atoms with Gasteiger partial charge in [0.05, 0.1) is 5.41 Å². The molecule has 10 nitrogen and oxygen atoms in total. The van der Waals surface area contributed by atoms with Crippen molar-refractivity contribution in [3.8, 4) is 5.75 Å². The molecule has 10 heteroatoms. The minimum atomic E-state index is -0.751. The van der Waals surface area contributed by atoms with Crippen LogP contribution in [0.3, 0.4) is 0 Å². The Morgan fingerprint density at radius 3 is 2.47 bits per heavy atom. The van der Waals surface area contributed by atoms with E-state index in [0.29, 0.717) is 71.2 Å². The Labute approximate surface area is 264 Å². The highest BCUT2D eigenvalue weighted by Crippen LogP contribution is 2.36. The number of rotatable bonds is 6. The van der Waals surface area contributed by atoms with Crippen molar-refractivity contribution in [1.82, 2.24) is 20.9 Å². The molecule has 4 N–H and O–H groups in total. The molecule has 0 radical (unpaired) electrons. The number of aromatic hydroxyl groups is 1. The molecule has 3 heterocycles. The van der Waals surface area contributed by atoms with Gasteiger partial charge in [0.1, 0.15) is 17.8 Å². The predicted octanol–water partition coefficient (Wildman–Crippen LogP) is 2.65. The first-order chi connectivity index (χ1) is 21.7. The summed E-state index contributed by atoms with van der Waals surface area (Å²) in [5, 5.41) is 18.8. The summed E-state index contributed by atoms with van der Waals surface area (Å²) in [5.74, 6) is -0.717. The zero-order valence-electron chi connectivity index (χ0n) is 25.9. The lowest BCUT2D eigenvalue weighted by Crippen LogP contribution is -2.60. The zero-order valence-corrected chi connectivity index (χ0v) is 25.9. The molecule has 2 aromatic rings. The second kappa shape index (κ2) is 14.7. The van der Waals surface area contributed by atoms with Crippen molar-refractivity contribution >= 4 is 23.6 Å². The van der Waals surface area contributed by atoms with Crippen molar-refractivity contribution in [2.24, 2.45) is 11.3 Å². The lowest BCUT2D eigenvalue weighted by atomic mass is 9.75. The van der Waals surface area contributed by atoms with Gasteiger partial charge in [-0.15, -0.1) is 0 Å². The zero-order chi connectivity index (χ0) is 31.8. The maximum atomic E-state index is 13.9. The van der Waals surface area contributed by atoms with Gasteiger partial charge in [0.25, 0.3) is 0 Å². The molecule has 0 unspecified atom stereocenters. The van der Waals surface area contributed by atoms with Crippen LogP contribution >= 0.6 is 0 Å². The lowest BCUT2D eigenvalue weighted by molar-refractivity contribution is -0.141. The molecule has 5 rings (SSSR count). The summed E-state index contributed by atoms with van der Waals surface area (Å²) in [6.45, 7) is 3.24. The number of hydrogen-bond donors (Lipinski definition) is 4. The Morgan fingerprint density at radius 2 is 1.76 bits per heavy atom. The van der Waals surface area contributed by atoms with Crippen LogP contribution in [0.25, 0.3) is 0 Å². The number of benzene rings is 2. The van der Waals surface area contributed by atoms with Crippen LogP contribution in [0.15, 0.2) is 66.7 Å². The summed E-state index contributed by atoms with van der Waals surface area (Å²) in [6.07, 6.45) is 7.73. The molecule has 1 spiro atoms. The predicted molar refractivity (Wildman–Crippen MR) is 169 cm³/mol. The summed E-state index contributed by atoms with van der Waals surface area (Å²) in [4.78, 5) is 55.3. The van der Waals surface area contributed by atoms with Gasteiger partial charge in [0.15, 0.2) is 0 Å². The molecule has 0 aromatic heterocycles. The third kappa shape index (κ3) is 8.30. The fraction of sp³-hybridized carbons (Fsp3) is 0.486.